The highest BCUT2D eigenvalue weighted by molar-refractivity contribution is 8.02. The molecule has 210 valence electrons. The molecule has 1 spiro atoms. The Morgan fingerprint density at radius 2 is 1.84 bits per heavy atom. The quantitative estimate of drug-likeness (QED) is 0.394. The number of aliphatic hydroxyl groups is 1. The minimum atomic E-state index is -0.915. The first-order valence-corrected chi connectivity index (χ1v) is 14.9. The average Bonchev–Trinajstić information content (AvgIpc) is 3.25. The number of aliphatic hydroxyl groups excluding tert-OH is 1. The van der Waals surface area contributed by atoms with Crippen LogP contribution in [0.25, 0.3) is 0 Å². The van der Waals surface area contributed by atoms with Crippen molar-refractivity contribution in [2.24, 2.45) is 11.8 Å². The predicted molar refractivity (Wildman–Crippen MR) is 144 cm³/mol. The van der Waals surface area contributed by atoms with Crippen molar-refractivity contribution in [3.63, 3.8) is 0 Å². The molecule has 0 bridgehead atoms. The van der Waals surface area contributed by atoms with Crippen LogP contribution in [0.1, 0.15) is 39.5 Å². The number of ether oxygens (including phenoxy) is 2. The van der Waals surface area contributed by atoms with Crippen LogP contribution in [0, 0.1) is 11.8 Å². The molecule has 10 heteroatoms. The minimum absolute atomic E-state index is 0.108. The topological polar surface area (TPSA) is 99.6 Å². The van der Waals surface area contributed by atoms with Gasteiger partial charge in [0.05, 0.1) is 49.1 Å². The van der Waals surface area contributed by atoms with Crippen molar-refractivity contribution in [2.45, 2.75) is 61.1 Å². The summed E-state index contributed by atoms with van der Waals surface area (Å²) >= 11 is 1.56. The van der Waals surface area contributed by atoms with E-state index in [-0.39, 0.29) is 24.4 Å². The molecular formula is C28H41N3O6S. The fourth-order valence-electron chi connectivity index (χ4n) is 6.88. The number of fused-ring (bicyclic) bond motifs is 2. The largest absolute Gasteiger partial charge is 0.465 e. The molecule has 1 N–H and O–H groups in total. The van der Waals surface area contributed by atoms with Crippen LogP contribution in [-0.2, 0) is 23.9 Å². The van der Waals surface area contributed by atoms with Gasteiger partial charge in [0.25, 0.3) is 0 Å². The van der Waals surface area contributed by atoms with Gasteiger partial charge in [-0.15, -0.1) is 11.8 Å². The van der Waals surface area contributed by atoms with Gasteiger partial charge in [0, 0.05) is 37.5 Å². The molecular weight excluding hydrogens is 506 g/mol. The fraction of sp³-hybridized carbons (Fsp3) is 0.750. The average molecular weight is 548 g/mol. The van der Waals surface area contributed by atoms with Crippen molar-refractivity contribution >= 4 is 29.5 Å². The molecule has 9 nitrogen and oxygen atoms in total. The highest BCUT2D eigenvalue weighted by Crippen LogP contribution is 2.65. The number of nitrogens with zero attached hydrogens (tertiary/aromatic N) is 3. The van der Waals surface area contributed by atoms with Crippen molar-refractivity contribution in [3.8, 4) is 0 Å². The lowest BCUT2D eigenvalue weighted by Gasteiger charge is -2.40. The number of amides is 2. The van der Waals surface area contributed by atoms with E-state index in [1.54, 1.807) is 16.7 Å². The van der Waals surface area contributed by atoms with Gasteiger partial charge in [-0.25, -0.2) is 0 Å². The summed E-state index contributed by atoms with van der Waals surface area (Å²) in [6, 6.07) is -1.29. The molecule has 38 heavy (non-hydrogen) atoms. The van der Waals surface area contributed by atoms with E-state index in [9.17, 15) is 19.5 Å². The normalized spacial score (nSPS) is 37.8. The molecule has 3 saturated heterocycles. The number of esters is 1. The number of morpholine rings is 1. The number of likely N-dealkylation sites (tertiary alicyclic amines) is 1. The van der Waals surface area contributed by atoms with Crippen molar-refractivity contribution in [3.05, 3.63) is 24.3 Å². The molecule has 6 atom stereocenters. The van der Waals surface area contributed by atoms with E-state index in [1.165, 1.54) is 0 Å². The molecule has 0 radical (unpaired) electrons. The Morgan fingerprint density at radius 3 is 2.58 bits per heavy atom. The number of thioether (sulfide) groups is 1. The third-order valence-electron chi connectivity index (χ3n) is 8.89. The van der Waals surface area contributed by atoms with Crippen molar-refractivity contribution in [2.75, 3.05) is 59.2 Å². The van der Waals surface area contributed by atoms with Crippen LogP contribution in [0.3, 0.4) is 0 Å². The van der Waals surface area contributed by atoms with Crippen LogP contribution in [0.4, 0.5) is 0 Å². The van der Waals surface area contributed by atoms with E-state index >= 15 is 0 Å². The zero-order chi connectivity index (χ0) is 26.9. The van der Waals surface area contributed by atoms with Gasteiger partial charge in [0.2, 0.25) is 11.8 Å². The zero-order valence-electron chi connectivity index (χ0n) is 22.5. The highest BCUT2D eigenvalue weighted by Gasteiger charge is 2.74. The molecule has 5 aliphatic rings. The summed E-state index contributed by atoms with van der Waals surface area (Å²) < 4.78 is 9.58. The Morgan fingerprint density at radius 1 is 1.05 bits per heavy atom. The lowest BCUT2D eigenvalue weighted by molar-refractivity contribution is -0.154. The second-order valence-corrected chi connectivity index (χ2v) is 13.0. The summed E-state index contributed by atoms with van der Waals surface area (Å²) in [7, 11) is 0. The number of carbonyl (C=O) groups is 3. The van der Waals surface area contributed by atoms with Crippen molar-refractivity contribution in [1.29, 1.82) is 0 Å². The number of allylic oxidation sites excluding steroid dienone is 1. The Hall–Kier alpha value is -1.88. The molecule has 1 unspecified atom stereocenters. The molecule has 0 saturated carbocycles. The predicted octanol–water partition coefficient (Wildman–Crippen LogP) is 1.46. The van der Waals surface area contributed by atoms with Gasteiger partial charge in [-0.1, -0.05) is 31.2 Å². The monoisotopic (exact) mass is 547 g/mol. The standard InChI is InChI=1S/C28H41N3O6S/c1-3-20(19-32)31-23-25(34)30(13-12-29-14-17-36-18-15-29)11-8-10-28(23)21(24(31)33)22-26(35)37-16-7-5-4-6-9-27(22,2)38-28/h6,8-10,20-23,32H,3-5,7,11-19H2,1-2H3/b9-6-/t20-,21-,22+,23?,27-,28-/m0/s1. The van der Waals surface area contributed by atoms with Crippen molar-refractivity contribution < 1.29 is 29.0 Å². The van der Waals surface area contributed by atoms with Crippen LogP contribution >= 0.6 is 11.8 Å². The maximum Gasteiger partial charge on any atom is 0.311 e. The lowest BCUT2D eigenvalue weighted by atomic mass is 9.74. The van der Waals surface area contributed by atoms with E-state index in [2.05, 4.69) is 17.1 Å². The summed E-state index contributed by atoms with van der Waals surface area (Å²) in [5, 5.41) is 10.3. The minimum Gasteiger partial charge on any atom is -0.465 e. The molecule has 0 aromatic heterocycles. The molecule has 5 rings (SSSR count). The zero-order valence-corrected chi connectivity index (χ0v) is 23.4. The smallest absolute Gasteiger partial charge is 0.311 e. The summed E-state index contributed by atoms with van der Waals surface area (Å²) in [5.74, 6) is -2.15. The third-order valence-corrected chi connectivity index (χ3v) is 10.7. The SMILES string of the molecule is CC[C@@H](CO)N1C(=O)[C@@H]2[C@@H]3C(=O)OCCCC/C=C\[C@]3(C)S[C@@]23C=CCN(CCN2CCOCC2)C(=O)C13. The summed E-state index contributed by atoms with van der Waals surface area (Å²) in [6.07, 6.45) is 11.3. The van der Waals surface area contributed by atoms with Gasteiger partial charge in [-0.3, -0.25) is 19.3 Å². The van der Waals surface area contributed by atoms with Gasteiger partial charge in [0.1, 0.15) is 6.04 Å². The molecule has 5 aliphatic heterocycles. The Labute approximate surface area is 229 Å². The number of hydrogen-bond donors (Lipinski definition) is 1. The fourth-order valence-corrected chi connectivity index (χ4v) is 9.02. The highest BCUT2D eigenvalue weighted by atomic mass is 32.2. The van der Waals surface area contributed by atoms with Gasteiger partial charge in [-0.05, 0) is 32.6 Å². The number of carbonyl (C=O) groups excluding carboxylic acids is 3. The number of cyclic esters (lactones) is 1. The van der Waals surface area contributed by atoms with Gasteiger partial charge in [-0.2, -0.15) is 0 Å². The maximum absolute atomic E-state index is 14.4. The summed E-state index contributed by atoms with van der Waals surface area (Å²) in [5.41, 5.74) is 0. The number of hydrogen-bond acceptors (Lipinski definition) is 8. The maximum atomic E-state index is 14.4. The lowest BCUT2D eigenvalue weighted by Crippen LogP contribution is -2.57. The third kappa shape index (κ3) is 4.71. The molecule has 5 heterocycles. The van der Waals surface area contributed by atoms with E-state index in [1.807, 2.05) is 30.9 Å². The van der Waals surface area contributed by atoms with E-state index in [0.29, 0.717) is 39.3 Å². The van der Waals surface area contributed by atoms with Crippen LogP contribution < -0.4 is 0 Å². The molecule has 3 fully saturated rings. The molecule has 2 amide bonds. The first kappa shape index (κ1) is 27.7. The van der Waals surface area contributed by atoms with Crippen LogP contribution in [0.2, 0.25) is 0 Å². The van der Waals surface area contributed by atoms with E-state index in [4.69, 9.17) is 9.47 Å². The Bertz CT molecular complexity index is 980. The van der Waals surface area contributed by atoms with E-state index < -0.39 is 33.4 Å². The molecule has 0 aromatic rings. The number of rotatable bonds is 6. The van der Waals surface area contributed by atoms with Gasteiger partial charge in [0.15, 0.2) is 0 Å². The first-order chi connectivity index (χ1) is 18.4. The second-order valence-electron chi connectivity index (χ2n) is 11.2. The van der Waals surface area contributed by atoms with Gasteiger partial charge >= 0.3 is 5.97 Å². The Balaban J connectivity index is 1.54. The van der Waals surface area contributed by atoms with Gasteiger partial charge < -0.3 is 24.4 Å². The van der Waals surface area contributed by atoms with E-state index in [0.717, 1.165) is 38.9 Å². The molecule has 0 aliphatic carbocycles. The van der Waals surface area contributed by atoms with Crippen LogP contribution in [0.15, 0.2) is 24.3 Å². The summed E-state index contributed by atoms with van der Waals surface area (Å²) in [4.78, 5) is 48.0. The molecule has 0 aromatic carbocycles. The summed E-state index contributed by atoms with van der Waals surface area (Å²) in [6.45, 7) is 8.82. The first-order valence-electron chi connectivity index (χ1n) is 14.1. The second kappa shape index (κ2) is 11.3. The van der Waals surface area contributed by atoms with Crippen LogP contribution in [0.5, 0.6) is 0 Å². The van der Waals surface area contributed by atoms with Crippen LogP contribution in [-0.4, -0.2) is 118 Å². The Kier molecular flexibility index (Phi) is 8.24. The van der Waals surface area contributed by atoms with Crippen molar-refractivity contribution in [1.82, 2.24) is 14.7 Å².